The van der Waals surface area contributed by atoms with Gasteiger partial charge in [0.05, 0.1) is 5.92 Å². The van der Waals surface area contributed by atoms with E-state index in [9.17, 15) is 14.4 Å². The fourth-order valence-corrected chi connectivity index (χ4v) is 5.75. The second-order valence-electron chi connectivity index (χ2n) is 8.04. The van der Waals surface area contributed by atoms with Gasteiger partial charge in [-0.1, -0.05) is 18.2 Å². The molecule has 1 aromatic carbocycles. The maximum absolute atomic E-state index is 12.7. The summed E-state index contributed by atoms with van der Waals surface area (Å²) in [5.41, 5.74) is 2.21. The van der Waals surface area contributed by atoms with Gasteiger partial charge in [0, 0.05) is 23.7 Å². The number of carbonyl (C=O) groups excluding carboxylic acids is 3. The van der Waals surface area contributed by atoms with Crippen molar-refractivity contribution in [1.29, 1.82) is 0 Å². The normalized spacial score (nSPS) is 40.0. The number of esters is 1. The molecule has 0 amide bonds. The Labute approximate surface area is 146 Å². The second-order valence-corrected chi connectivity index (χ2v) is 8.04. The molecule has 4 bridgehead atoms. The van der Waals surface area contributed by atoms with Crippen molar-refractivity contribution in [3.63, 3.8) is 0 Å². The molecule has 25 heavy (non-hydrogen) atoms. The summed E-state index contributed by atoms with van der Waals surface area (Å²) < 4.78 is 5.60. The van der Waals surface area contributed by atoms with Crippen LogP contribution in [0.4, 0.5) is 0 Å². The molecule has 5 rings (SSSR count). The summed E-state index contributed by atoms with van der Waals surface area (Å²) in [6.45, 7) is 3.99. The largest absolute Gasteiger partial charge is 0.426 e. The fraction of sp³-hybridized carbons (Fsp3) is 0.476. The van der Waals surface area contributed by atoms with E-state index < -0.39 is 5.92 Å². The van der Waals surface area contributed by atoms with E-state index in [2.05, 4.69) is 0 Å². The molecule has 4 nitrogen and oxygen atoms in total. The topological polar surface area (TPSA) is 60.4 Å². The molecule has 128 valence electrons. The molecule has 0 aromatic heterocycles. The molecule has 3 fully saturated rings. The van der Waals surface area contributed by atoms with Crippen molar-refractivity contribution in [3.05, 3.63) is 41.5 Å². The Balaban J connectivity index is 1.40. The molecule has 4 aliphatic carbocycles. The molecule has 0 aliphatic heterocycles. The number of ketones is 2. The van der Waals surface area contributed by atoms with Gasteiger partial charge in [0.25, 0.3) is 0 Å². The van der Waals surface area contributed by atoms with Crippen molar-refractivity contribution in [2.75, 3.05) is 0 Å². The molecule has 0 spiro atoms. The van der Waals surface area contributed by atoms with E-state index in [0.29, 0.717) is 12.2 Å². The SMILES string of the molecule is Cc1ccc(OC(=O)C2CC3C(=O)C2C2C4C=CC(C4=O)C32)cc1C. The van der Waals surface area contributed by atoms with E-state index >= 15 is 0 Å². The summed E-state index contributed by atoms with van der Waals surface area (Å²) in [6.07, 6.45) is 4.47. The van der Waals surface area contributed by atoms with Crippen molar-refractivity contribution in [2.45, 2.75) is 20.3 Å². The number of aryl methyl sites for hydroxylation is 2. The average molecular weight is 336 g/mol. The lowest BCUT2D eigenvalue weighted by Crippen LogP contribution is -2.36. The van der Waals surface area contributed by atoms with Gasteiger partial charge in [-0.3, -0.25) is 14.4 Å². The predicted molar refractivity (Wildman–Crippen MR) is 89.8 cm³/mol. The van der Waals surface area contributed by atoms with Crippen LogP contribution in [-0.4, -0.2) is 17.5 Å². The van der Waals surface area contributed by atoms with Crippen LogP contribution in [0.1, 0.15) is 17.5 Å². The summed E-state index contributed by atoms with van der Waals surface area (Å²) in [5.74, 6) is -0.335. The molecule has 0 heterocycles. The monoisotopic (exact) mass is 336 g/mol. The summed E-state index contributed by atoms with van der Waals surface area (Å²) >= 11 is 0. The van der Waals surface area contributed by atoms with Crippen molar-refractivity contribution in [1.82, 2.24) is 0 Å². The molecule has 1 aromatic rings. The molecule has 4 heteroatoms. The Bertz CT molecular complexity index is 851. The van der Waals surface area contributed by atoms with E-state index in [-0.39, 0.29) is 53.0 Å². The highest BCUT2D eigenvalue weighted by atomic mass is 16.5. The van der Waals surface area contributed by atoms with Gasteiger partial charge in [-0.15, -0.1) is 0 Å². The van der Waals surface area contributed by atoms with Crippen LogP contribution in [0.5, 0.6) is 5.75 Å². The minimum Gasteiger partial charge on any atom is -0.426 e. The van der Waals surface area contributed by atoms with Crippen LogP contribution in [0.3, 0.4) is 0 Å². The van der Waals surface area contributed by atoms with Crippen LogP contribution in [0.15, 0.2) is 30.4 Å². The summed E-state index contributed by atoms with van der Waals surface area (Å²) in [5, 5.41) is 0. The Morgan fingerprint density at radius 3 is 2.44 bits per heavy atom. The average Bonchev–Trinajstić information content (AvgIpc) is 3.28. The second kappa shape index (κ2) is 4.90. The molecule has 3 saturated carbocycles. The summed E-state index contributed by atoms with van der Waals surface area (Å²) in [7, 11) is 0. The van der Waals surface area contributed by atoms with Crippen molar-refractivity contribution in [3.8, 4) is 5.75 Å². The van der Waals surface area contributed by atoms with Crippen molar-refractivity contribution in [2.24, 2.45) is 41.4 Å². The van der Waals surface area contributed by atoms with Gasteiger partial charge in [0.2, 0.25) is 0 Å². The maximum Gasteiger partial charge on any atom is 0.315 e. The molecule has 0 saturated heterocycles. The Morgan fingerprint density at radius 2 is 1.72 bits per heavy atom. The first-order valence-electron chi connectivity index (χ1n) is 9.02. The molecule has 7 atom stereocenters. The lowest BCUT2D eigenvalue weighted by molar-refractivity contribution is -0.143. The molecule has 4 aliphatic rings. The summed E-state index contributed by atoms with van der Waals surface area (Å²) in [6, 6.07) is 5.58. The Hall–Kier alpha value is -2.23. The number of rotatable bonds is 2. The zero-order valence-corrected chi connectivity index (χ0v) is 14.3. The highest BCUT2D eigenvalue weighted by Gasteiger charge is 2.69. The number of hydrogen-bond donors (Lipinski definition) is 0. The van der Waals surface area contributed by atoms with E-state index in [1.807, 2.05) is 38.1 Å². The van der Waals surface area contributed by atoms with Gasteiger partial charge in [0.15, 0.2) is 0 Å². The van der Waals surface area contributed by atoms with E-state index in [1.165, 1.54) is 0 Å². The highest BCUT2D eigenvalue weighted by Crippen LogP contribution is 2.64. The van der Waals surface area contributed by atoms with Crippen LogP contribution in [0.2, 0.25) is 0 Å². The van der Waals surface area contributed by atoms with E-state index in [0.717, 1.165) is 11.1 Å². The summed E-state index contributed by atoms with van der Waals surface area (Å²) in [4.78, 5) is 37.8. The number of carbonyl (C=O) groups is 3. The number of ether oxygens (including phenoxy) is 1. The third-order valence-corrected chi connectivity index (χ3v) is 6.97. The first kappa shape index (κ1) is 15.1. The predicted octanol–water partition coefficient (Wildman–Crippen LogP) is 2.66. The number of benzene rings is 1. The van der Waals surface area contributed by atoms with E-state index in [4.69, 9.17) is 4.74 Å². The minimum absolute atomic E-state index is 0.0195. The first-order chi connectivity index (χ1) is 12.0. The Kier molecular flexibility index (Phi) is 2.95. The third-order valence-electron chi connectivity index (χ3n) is 6.97. The molecular weight excluding hydrogens is 316 g/mol. The number of fused-ring (bicyclic) bond motifs is 9. The molecular formula is C21H20O4. The fourth-order valence-electron chi connectivity index (χ4n) is 5.75. The lowest BCUT2D eigenvalue weighted by atomic mass is 9.69. The highest BCUT2D eigenvalue weighted by molar-refractivity contribution is 6.01. The van der Waals surface area contributed by atoms with Crippen molar-refractivity contribution < 1.29 is 19.1 Å². The van der Waals surface area contributed by atoms with Crippen LogP contribution < -0.4 is 4.74 Å². The molecule has 7 unspecified atom stereocenters. The van der Waals surface area contributed by atoms with Crippen LogP contribution in [0, 0.1) is 55.3 Å². The van der Waals surface area contributed by atoms with Crippen molar-refractivity contribution >= 4 is 17.5 Å². The first-order valence-corrected chi connectivity index (χ1v) is 9.02. The maximum atomic E-state index is 12.7. The van der Waals surface area contributed by atoms with Gasteiger partial charge >= 0.3 is 5.97 Å². The van der Waals surface area contributed by atoms with Gasteiger partial charge < -0.3 is 4.74 Å². The Morgan fingerprint density at radius 1 is 1.00 bits per heavy atom. The smallest absolute Gasteiger partial charge is 0.315 e. The van der Waals surface area contributed by atoms with Crippen LogP contribution in [0.25, 0.3) is 0 Å². The molecule has 0 radical (unpaired) electrons. The van der Waals surface area contributed by atoms with Gasteiger partial charge in [-0.2, -0.15) is 0 Å². The number of allylic oxidation sites excluding steroid dienone is 2. The van der Waals surface area contributed by atoms with Crippen LogP contribution >= 0.6 is 0 Å². The quantitative estimate of drug-likeness (QED) is 0.361. The zero-order chi connectivity index (χ0) is 17.5. The molecule has 0 N–H and O–H groups in total. The van der Waals surface area contributed by atoms with Gasteiger partial charge in [-0.05, 0) is 55.4 Å². The standard InChI is InChI=1S/C21H20O4/c1-9-3-4-11(7-10(9)2)25-21(24)15-8-14-16-12-5-6-13(19(12)22)17(16)18(15)20(14)23/h3-7,12-18H,8H2,1-2H3. The number of Topliss-reactive ketones (excluding diaryl/α,β-unsaturated/α-hetero) is 2. The third kappa shape index (κ3) is 1.85. The van der Waals surface area contributed by atoms with Crippen LogP contribution in [-0.2, 0) is 14.4 Å². The minimum atomic E-state index is -0.402. The van der Waals surface area contributed by atoms with Gasteiger partial charge in [-0.25, -0.2) is 0 Å². The van der Waals surface area contributed by atoms with Gasteiger partial charge in [0.1, 0.15) is 17.3 Å². The lowest BCUT2D eigenvalue weighted by Gasteiger charge is -2.33. The zero-order valence-electron chi connectivity index (χ0n) is 14.3. The number of hydrogen-bond acceptors (Lipinski definition) is 4. The van der Waals surface area contributed by atoms with E-state index in [1.54, 1.807) is 6.07 Å².